The molecule has 1 saturated heterocycles. The largest absolute Gasteiger partial charge is 0.458 e. The average molecular weight is 354 g/mol. The molecule has 0 amide bonds. The van der Waals surface area contributed by atoms with Crippen LogP contribution in [-0.2, 0) is 9.53 Å². The van der Waals surface area contributed by atoms with Crippen molar-refractivity contribution in [1.82, 2.24) is 0 Å². The lowest BCUT2D eigenvalue weighted by Gasteiger charge is -2.23. The summed E-state index contributed by atoms with van der Waals surface area (Å²) in [6.45, 7) is 5.80. The lowest BCUT2D eigenvalue weighted by atomic mass is 9.92. The van der Waals surface area contributed by atoms with Crippen LogP contribution in [0.15, 0.2) is 36.4 Å². The third-order valence-electron chi connectivity index (χ3n) is 4.67. The maximum Gasteiger partial charge on any atom is 0.309 e. The van der Waals surface area contributed by atoms with Crippen molar-refractivity contribution in [3.63, 3.8) is 0 Å². The maximum absolute atomic E-state index is 13.7. The number of hydrogen-bond acceptors (Lipinski definition) is 3. The van der Waals surface area contributed by atoms with Crippen molar-refractivity contribution in [2.75, 3.05) is 0 Å². The fourth-order valence-corrected chi connectivity index (χ4v) is 3.38. The van der Waals surface area contributed by atoms with Crippen LogP contribution < -0.4 is 0 Å². The van der Waals surface area contributed by atoms with Gasteiger partial charge in [-0.15, -0.1) is 0 Å². The van der Waals surface area contributed by atoms with E-state index in [1.807, 2.05) is 32.1 Å². The van der Waals surface area contributed by atoms with Crippen molar-refractivity contribution in [2.45, 2.75) is 45.8 Å². The minimum Gasteiger partial charge on any atom is -0.458 e. The number of hydrogen-bond donors (Lipinski definition) is 1. The number of benzene rings is 2. The second kappa shape index (κ2) is 7.42. The quantitative estimate of drug-likeness (QED) is 0.826. The van der Waals surface area contributed by atoms with Crippen LogP contribution in [0.2, 0.25) is 0 Å². The predicted octanol–water partition coefficient (Wildman–Crippen LogP) is 4.50. The Labute approximate surface area is 153 Å². The van der Waals surface area contributed by atoms with Crippen LogP contribution >= 0.6 is 0 Å². The Morgan fingerprint density at radius 1 is 1.15 bits per heavy atom. The van der Waals surface area contributed by atoms with E-state index in [0.29, 0.717) is 12.0 Å². The second-order valence-corrected chi connectivity index (χ2v) is 6.99. The zero-order valence-electron chi connectivity index (χ0n) is 15.3. The monoisotopic (exact) mass is 354 g/mol. The molecule has 1 aliphatic rings. The van der Waals surface area contributed by atoms with Crippen LogP contribution in [0.4, 0.5) is 4.39 Å². The summed E-state index contributed by atoms with van der Waals surface area (Å²) < 4.78 is 18.9. The number of aliphatic hydroxyl groups is 1. The summed E-state index contributed by atoms with van der Waals surface area (Å²) in [6.07, 6.45) is 3.10. The van der Waals surface area contributed by atoms with Crippen LogP contribution in [0.25, 0.3) is 17.2 Å². The molecule has 1 heterocycles. The fourth-order valence-electron chi connectivity index (χ4n) is 3.38. The maximum atomic E-state index is 13.7. The fraction of sp³-hybridized carbons (Fsp3) is 0.318. The molecule has 2 aromatic carbocycles. The van der Waals surface area contributed by atoms with E-state index in [-0.39, 0.29) is 18.2 Å². The summed E-state index contributed by atoms with van der Waals surface area (Å²) in [4.78, 5) is 11.5. The van der Waals surface area contributed by atoms with E-state index in [0.717, 1.165) is 27.8 Å². The summed E-state index contributed by atoms with van der Waals surface area (Å²) in [5, 5.41) is 9.76. The van der Waals surface area contributed by atoms with Crippen molar-refractivity contribution >= 4 is 12.0 Å². The molecular formula is C22H23FO3. The van der Waals surface area contributed by atoms with Crippen LogP contribution in [0, 0.1) is 26.6 Å². The molecule has 136 valence electrons. The van der Waals surface area contributed by atoms with Gasteiger partial charge in [-0.2, -0.15) is 0 Å². The first-order valence-electron chi connectivity index (χ1n) is 8.77. The van der Waals surface area contributed by atoms with Crippen LogP contribution in [-0.4, -0.2) is 23.3 Å². The summed E-state index contributed by atoms with van der Waals surface area (Å²) in [6, 6.07) is 9.25. The summed E-state index contributed by atoms with van der Waals surface area (Å²) in [5.41, 5.74) is 5.75. The van der Waals surface area contributed by atoms with Gasteiger partial charge in [-0.1, -0.05) is 29.8 Å². The van der Waals surface area contributed by atoms with Gasteiger partial charge in [0.25, 0.3) is 0 Å². The van der Waals surface area contributed by atoms with E-state index in [1.165, 1.54) is 6.07 Å². The highest BCUT2D eigenvalue weighted by molar-refractivity contribution is 5.78. The molecule has 1 fully saturated rings. The molecule has 0 aliphatic carbocycles. The van der Waals surface area contributed by atoms with E-state index in [4.69, 9.17) is 4.74 Å². The second-order valence-electron chi connectivity index (χ2n) is 6.99. The number of aryl methyl sites for hydroxylation is 3. The van der Waals surface area contributed by atoms with E-state index in [9.17, 15) is 14.3 Å². The molecular weight excluding hydrogens is 331 g/mol. The number of ether oxygens (including phenoxy) is 1. The minimum absolute atomic E-state index is 0.0496. The number of esters is 1. The van der Waals surface area contributed by atoms with Crippen molar-refractivity contribution in [1.29, 1.82) is 0 Å². The number of carbonyl (C=O) groups is 1. The molecule has 0 radical (unpaired) electrons. The molecule has 2 aromatic rings. The normalized spacial score (nSPS) is 20.4. The molecule has 0 unspecified atom stereocenters. The van der Waals surface area contributed by atoms with Gasteiger partial charge in [-0.05, 0) is 66.8 Å². The predicted molar refractivity (Wildman–Crippen MR) is 100 cm³/mol. The van der Waals surface area contributed by atoms with Gasteiger partial charge in [0.1, 0.15) is 11.9 Å². The average Bonchev–Trinajstić information content (AvgIpc) is 2.55. The van der Waals surface area contributed by atoms with E-state index >= 15 is 0 Å². The molecule has 3 nitrogen and oxygen atoms in total. The Morgan fingerprint density at radius 3 is 2.62 bits per heavy atom. The highest BCUT2D eigenvalue weighted by Crippen LogP contribution is 2.31. The van der Waals surface area contributed by atoms with Crippen molar-refractivity contribution in [2.24, 2.45) is 0 Å². The number of aliphatic hydroxyl groups excluding tert-OH is 1. The first-order chi connectivity index (χ1) is 12.3. The first kappa shape index (κ1) is 18.3. The molecule has 2 atom stereocenters. The summed E-state index contributed by atoms with van der Waals surface area (Å²) >= 11 is 0. The number of cyclic esters (lactones) is 1. The van der Waals surface area contributed by atoms with Gasteiger partial charge >= 0.3 is 5.97 Å². The molecule has 4 heteroatoms. The number of rotatable bonds is 3. The van der Waals surface area contributed by atoms with Gasteiger partial charge in [0.05, 0.1) is 12.5 Å². The Morgan fingerprint density at radius 2 is 1.92 bits per heavy atom. The Kier molecular flexibility index (Phi) is 5.23. The van der Waals surface area contributed by atoms with Gasteiger partial charge in [0, 0.05) is 6.42 Å². The van der Waals surface area contributed by atoms with Crippen LogP contribution in [0.1, 0.15) is 35.1 Å². The molecule has 0 spiro atoms. The Bertz CT molecular complexity index is 870. The van der Waals surface area contributed by atoms with E-state index in [2.05, 4.69) is 12.1 Å². The summed E-state index contributed by atoms with van der Waals surface area (Å²) in [5.74, 6) is -0.605. The standard InChI is InChI=1S/C22H23FO3/c1-13-8-14(2)19(6-5-18-11-17(24)12-22(25)26-18)20(9-13)16-4-7-21(23)15(3)10-16/h4-10,17-18,24H,11-12H2,1-3H3/b6-5+/t17-,18-/m0/s1. The van der Waals surface area contributed by atoms with Gasteiger partial charge in [0.15, 0.2) is 0 Å². The van der Waals surface area contributed by atoms with Gasteiger partial charge < -0.3 is 9.84 Å². The first-order valence-corrected chi connectivity index (χ1v) is 8.77. The van der Waals surface area contributed by atoms with E-state index in [1.54, 1.807) is 13.0 Å². The highest BCUT2D eigenvalue weighted by atomic mass is 19.1. The molecule has 1 N–H and O–H groups in total. The SMILES string of the molecule is Cc1cc(C)c(/C=C/[C@H]2C[C@H](O)CC(=O)O2)c(-c2ccc(F)c(C)c2)c1. The zero-order valence-corrected chi connectivity index (χ0v) is 15.3. The van der Waals surface area contributed by atoms with Crippen LogP contribution in [0.3, 0.4) is 0 Å². The highest BCUT2D eigenvalue weighted by Gasteiger charge is 2.25. The molecule has 26 heavy (non-hydrogen) atoms. The zero-order chi connectivity index (χ0) is 18.8. The molecule has 3 rings (SSSR count). The van der Waals surface area contributed by atoms with E-state index < -0.39 is 12.2 Å². The smallest absolute Gasteiger partial charge is 0.309 e. The third kappa shape index (κ3) is 4.02. The van der Waals surface area contributed by atoms with Crippen LogP contribution in [0.5, 0.6) is 0 Å². The third-order valence-corrected chi connectivity index (χ3v) is 4.67. The van der Waals surface area contributed by atoms with Crippen molar-refractivity contribution in [3.8, 4) is 11.1 Å². The molecule has 1 aliphatic heterocycles. The van der Waals surface area contributed by atoms with Gasteiger partial charge in [-0.3, -0.25) is 4.79 Å². The van der Waals surface area contributed by atoms with Crippen molar-refractivity contribution in [3.05, 3.63) is 64.5 Å². The van der Waals surface area contributed by atoms with Gasteiger partial charge in [-0.25, -0.2) is 4.39 Å². The number of halogens is 1. The Balaban J connectivity index is 1.99. The lowest BCUT2D eigenvalue weighted by molar-refractivity contribution is -0.156. The number of carbonyl (C=O) groups excluding carboxylic acids is 1. The topological polar surface area (TPSA) is 46.5 Å². The molecule has 0 saturated carbocycles. The molecule has 0 bridgehead atoms. The summed E-state index contributed by atoms with van der Waals surface area (Å²) in [7, 11) is 0. The van der Waals surface area contributed by atoms with Gasteiger partial charge in [0.2, 0.25) is 0 Å². The minimum atomic E-state index is -0.663. The Hall–Kier alpha value is -2.46. The lowest BCUT2D eigenvalue weighted by Crippen LogP contribution is -2.31. The molecule has 0 aromatic heterocycles. The van der Waals surface area contributed by atoms with Crippen molar-refractivity contribution < 1.29 is 19.0 Å².